The van der Waals surface area contributed by atoms with Crippen LogP contribution in [0.15, 0.2) is 52.4 Å². The molecule has 1 saturated carbocycles. The first kappa shape index (κ1) is 23.9. The number of hydrogen-bond donors (Lipinski definition) is 0. The summed E-state index contributed by atoms with van der Waals surface area (Å²) >= 11 is 0. The van der Waals surface area contributed by atoms with Crippen LogP contribution in [-0.2, 0) is 10.0 Å². The van der Waals surface area contributed by atoms with Gasteiger partial charge in [-0.2, -0.15) is 3.97 Å². The van der Waals surface area contributed by atoms with Crippen molar-refractivity contribution >= 4 is 32.0 Å². The number of allylic oxidation sites excluding steroid dienone is 1. The summed E-state index contributed by atoms with van der Waals surface area (Å²) in [4.78, 5) is 13.5. The lowest BCUT2D eigenvalue weighted by Gasteiger charge is -2.15. The Morgan fingerprint density at radius 2 is 1.79 bits per heavy atom. The highest BCUT2D eigenvalue weighted by molar-refractivity contribution is 7.91. The maximum Gasteiger partial charge on any atom is 0.348 e. The SMILES string of the molecule is C=CCC1(S(=O)(=O)n2c(=O)n(-c3ccc(C)cc3F)c3c(F)c(F)c4ccoc4c32)CC1.CC. The first-order valence-corrected chi connectivity index (χ1v) is 12.2. The third-order valence-corrected chi connectivity index (χ3v) is 8.48. The third-order valence-electron chi connectivity index (χ3n) is 5.99. The van der Waals surface area contributed by atoms with Crippen LogP contribution in [-0.4, -0.2) is 21.7 Å². The maximum atomic E-state index is 15.3. The second kappa shape index (κ2) is 8.19. The van der Waals surface area contributed by atoms with Gasteiger partial charge in [0, 0.05) is 0 Å². The molecule has 0 saturated heterocycles. The van der Waals surface area contributed by atoms with Gasteiger partial charge in [-0.1, -0.05) is 26.0 Å². The zero-order valence-electron chi connectivity index (χ0n) is 18.9. The van der Waals surface area contributed by atoms with E-state index in [1.165, 1.54) is 18.2 Å². The molecule has 2 heterocycles. The van der Waals surface area contributed by atoms with Gasteiger partial charge in [0.2, 0.25) is 10.0 Å². The van der Waals surface area contributed by atoms with Crippen LogP contribution in [0.5, 0.6) is 0 Å². The predicted octanol–water partition coefficient (Wildman–Crippen LogP) is 5.58. The minimum Gasteiger partial charge on any atom is -0.462 e. The Kier molecular flexibility index (Phi) is 5.75. The first-order valence-electron chi connectivity index (χ1n) is 10.8. The van der Waals surface area contributed by atoms with Gasteiger partial charge in [0.1, 0.15) is 16.9 Å². The summed E-state index contributed by atoms with van der Waals surface area (Å²) in [6.45, 7) is 9.20. The van der Waals surface area contributed by atoms with E-state index in [9.17, 15) is 22.0 Å². The number of furan rings is 1. The molecule has 34 heavy (non-hydrogen) atoms. The van der Waals surface area contributed by atoms with Crippen LogP contribution >= 0.6 is 0 Å². The van der Waals surface area contributed by atoms with Gasteiger partial charge in [-0.3, -0.25) is 4.57 Å². The molecule has 5 rings (SSSR count). The van der Waals surface area contributed by atoms with Gasteiger partial charge in [-0.05, 0) is 49.9 Å². The monoisotopic (exact) mass is 492 g/mol. The van der Waals surface area contributed by atoms with Crippen LogP contribution in [0.1, 0.15) is 38.7 Å². The Balaban J connectivity index is 0.00000133. The normalized spacial score (nSPS) is 14.8. The van der Waals surface area contributed by atoms with E-state index in [2.05, 4.69) is 6.58 Å². The summed E-state index contributed by atoms with van der Waals surface area (Å²) in [5.74, 6) is -3.70. The number of aromatic nitrogens is 2. The molecule has 2 aromatic carbocycles. The number of imidazole rings is 1. The van der Waals surface area contributed by atoms with E-state index >= 15 is 4.39 Å². The molecule has 0 atom stereocenters. The zero-order chi connectivity index (χ0) is 25.0. The highest BCUT2D eigenvalue weighted by atomic mass is 32.2. The molecule has 0 spiro atoms. The molecule has 0 bridgehead atoms. The summed E-state index contributed by atoms with van der Waals surface area (Å²) in [6, 6.07) is 4.93. The number of rotatable bonds is 5. The lowest BCUT2D eigenvalue weighted by molar-refractivity contribution is 0.520. The van der Waals surface area contributed by atoms with Gasteiger partial charge in [-0.15, -0.1) is 6.58 Å². The standard InChI is InChI=1S/C22H17F3N2O4S.C2H6/c1-3-7-22(8-9-22)32(29,30)27-19-18(17(25)16(24)13-6-10-31-20(13)19)26(21(27)28)15-5-4-12(2)11-14(15)23;1-2/h3-6,10-11H,1,7-9H2,2H3;1-2H3. The first-order chi connectivity index (χ1) is 16.1. The highest BCUT2D eigenvalue weighted by Gasteiger charge is 2.56. The summed E-state index contributed by atoms with van der Waals surface area (Å²) < 4.78 is 77.2. The van der Waals surface area contributed by atoms with E-state index in [0.717, 1.165) is 18.4 Å². The molecule has 0 radical (unpaired) electrons. The molecule has 6 nitrogen and oxygen atoms in total. The fraction of sp³-hybridized carbons (Fsp3) is 0.292. The highest BCUT2D eigenvalue weighted by Crippen LogP contribution is 2.48. The van der Waals surface area contributed by atoms with Crippen molar-refractivity contribution in [2.75, 3.05) is 0 Å². The Bertz CT molecular complexity index is 1610. The van der Waals surface area contributed by atoms with Crippen LogP contribution in [0.3, 0.4) is 0 Å². The van der Waals surface area contributed by atoms with Crippen molar-refractivity contribution < 1.29 is 26.0 Å². The number of hydrogen-bond acceptors (Lipinski definition) is 4. The molecule has 2 aromatic heterocycles. The van der Waals surface area contributed by atoms with Crippen LogP contribution in [0.25, 0.3) is 27.7 Å². The van der Waals surface area contributed by atoms with E-state index in [0.29, 0.717) is 14.1 Å². The van der Waals surface area contributed by atoms with E-state index < -0.39 is 54.6 Å². The molecular weight excluding hydrogens is 469 g/mol. The summed E-state index contributed by atoms with van der Waals surface area (Å²) in [7, 11) is -4.41. The van der Waals surface area contributed by atoms with Gasteiger partial charge in [0.05, 0.1) is 22.1 Å². The fourth-order valence-corrected chi connectivity index (χ4v) is 6.21. The number of benzene rings is 2. The summed E-state index contributed by atoms with van der Waals surface area (Å²) in [5.41, 5.74) is -2.61. The molecule has 10 heteroatoms. The van der Waals surface area contributed by atoms with Crippen LogP contribution in [0.4, 0.5) is 13.2 Å². The largest absolute Gasteiger partial charge is 0.462 e. The molecule has 0 amide bonds. The average Bonchev–Trinajstić information content (AvgIpc) is 3.31. The minimum atomic E-state index is -4.41. The van der Waals surface area contributed by atoms with Crippen LogP contribution < -0.4 is 5.69 Å². The van der Waals surface area contributed by atoms with Crippen molar-refractivity contribution in [1.29, 1.82) is 0 Å². The number of nitrogens with zero attached hydrogens (tertiary/aromatic N) is 2. The number of fused-ring (bicyclic) bond motifs is 3. The second-order valence-corrected chi connectivity index (χ2v) is 10.2. The predicted molar refractivity (Wildman–Crippen MR) is 124 cm³/mol. The van der Waals surface area contributed by atoms with Crippen molar-refractivity contribution in [3.8, 4) is 5.69 Å². The zero-order valence-corrected chi connectivity index (χ0v) is 19.7. The second-order valence-electron chi connectivity index (χ2n) is 8.01. The summed E-state index contributed by atoms with van der Waals surface area (Å²) in [5, 5.41) is -0.325. The number of aryl methyl sites for hydroxylation is 1. The van der Waals surface area contributed by atoms with Crippen molar-refractivity contribution in [1.82, 2.24) is 8.54 Å². The van der Waals surface area contributed by atoms with E-state index in [4.69, 9.17) is 4.42 Å². The Morgan fingerprint density at radius 1 is 1.12 bits per heavy atom. The number of halogens is 3. The molecule has 0 aliphatic heterocycles. The minimum absolute atomic E-state index is 0.0678. The average molecular weight is 493 g/mol. The Morgan fingerprint density at radius 3 is 2.38 bits per heavy atom. The van der Waals surface area contributed by atoms with E-state index in [-0.39, 0.29) is 30.2 Å². The fourth-order valence-electron chi connectivity index (χ4n) is 4.18. The Labute approximate surface area is 194 Å². The van der Waals surface area contributed by atoms with Gasteiger partial charge in [0.25, 0.3) is 0 Å². The van der Waals surface area contributed by atoms with Crippen molar-refractivity contribution in [3.05, 3.63) is 76.7 Å². The summed E-state index contributed by atoms with van der Waals surface area (Å²) in [6.07, 6.45) is 3.10. The molecule has 4 aromatic rings. The smallest absolute Gasteiger partial charge is 0.348 e. The third kappa shape index (κ3) is 3.15. The van der Waals surface area contributed by atoms with Gasteiger partial charge < -0.3 is 4.42 Å². The van der Waals surface area contributed by atoms with Crippen molar-refractivity contribution in [2.24, 2.45) is 0 Å². The van der Waals surface area contributed by atoms with Crippen molar-refractivity contribution in [2.45, 2.75) is 44.8 Å². The van der Waals surface area contributed by atoms with Gasteiger partial charge >= 0.3 is 5.69 Å². The Hall–Kier alpha value is -3.27. The molecule has 1 aliphatic rings. The lowest BCUT2D eigenvalue weighted by atomic mass is 10.2. The molecular formula is C24H23F3N2O4S. The van der Waals surface area contributed by atoms with Gasteiger partial charge in [0.15, 0.2) is 17.2 Å². The van der Waals surface area contributed by atoms with E-state index in [1.807, 2.05) is 13.8 Å². The van der Waals surface area contributed by atoms with Crippen molar-refractivity contribution in [3.63, 3.8) is 0 Å². The van der Waals surface area contributed by atoms with E-state index in [1.54, 1.807) is 6.92 Å². The molecule has 1 fully saturated rings. The van der Waals surface area contributed by atoms with Gasteiger partial charge in [-0.25, -0.2) is 26.4 Å². The molecule has 0 N–H and O–H groups in total. The molecule has 1 aliphatic carbocycles. The molecule has 0 unspecified atom stereocenters. The van der Waals surface area contributed by atoms with Crippen LogP contribution in [0, 0.1) is 24.4 Å². The quantitative estimate of drug-likeness (QED) is 0.341. The molecule has 180 valence electrons. The lowest BCUT2D eigenvalue weighted by Crippen LogP contribution is -2.37. The van der Waals surface area contributed by atoms with Crippen LogP contribution in [0.2, 0.25) is 0 Å². The maximum absolute atomic E-state index is 15.3. The topological polar surface area (TPSA) is 74.2 Å².